The van der Waals surface area contributed by atoms with Crippen LogP contribution in [0.15, 0.2) is 24.5 Å². The fourth-order valence-corrected chi connectivity index (χ4v) is 1.09. The van der Waals surface area contributed by atoms with Crippen LogP contribution in [0, 0.1) is 0 Å². The molecule has 1 rings (SSSR count). The largest absolute Gasteiger partial charge is 1.00 e. The van der Waals surface area contributed by atoms with Crippen molar-refractivity contribution < 1.29 is 61.3 Å². The van der Waals surface area contributed by atoms with Crippen molar-refractivity contribution in [2.24, 2.45) is 0 Å². The number of pyridine rings is 1. The Balaban J connectivity index is 0.00000196. The van der Waals surface area contributed by atoms with Crippen LogP contribution in [0.5, 0.6) is 0 Å². The quantitative estimate of drug-likeness (QED) is 0.432. The van der Waals surface area contributed by atoms with E-state index in [1.807, 2.05) is 12.1 Å². The minimum atomic E-state index is -0.980. The number of carboxylic acids is 1. The predicted octanol–water partition coefficient (Wildman–Crippen LogP) is -2.58. The molecule has 0 bridgehead atoms. The van der Waals surface area contributed by atoms with Crippen LogP contribution in [0.3, 0.4) is 0 Å². The van der Waals surface area contributed by atoms with Crippen LogP contribution in [-0.2, 0) is 4.79 Å². The van der Waals surface area contributed by atoms with E-state index in [1.165, 1.54) is 0 Å². The molecule has 0 radical (unpaired) electrons. The average Bonchev–Trinajstić information content (AvgIpc) is 2.18. The van der Waals surface area contributed by atoms with Crippen LogP contribution in [0.2, 0.25) is 0 Å². The number of rotatable bonds is 6. The van der Waals surface area contributed by atoms with Gasteiger partial charge in [-0.3, -0.25) is 4.98 Å². The maximum atomic E-state index is 10.1. The molecule has 1 aromatic rings. The molecule has 0 atom stereocenters. The monoisotopic (exact) mass is 232 g/mol. The van der Waals surface area contributed by atoms with Gasteiger partial charge in [0.1, 0.15) is 0 Å². The van der Waals surface area contributed by atoms with Crippen molar-refractivity contribution in [2.75, 3.05) is 11.9 Å². The average molecular weight is 232 g/mol. The van der Waals surface area contributed by atoms with E-state index in [0.717, 1.165) is 18.7 Å². The Morgan fingerprint density at radius 1 is 1.47 bits per heavy atom. The van der Waals surface area contributed by atoms with E-state index in [9.17, 15) is 9.90 Å². The van der Waals surface area contributed by atoms with Gasteiger partial charge < -0.3 is 15.2 Å². The molecule has 0 amide bonds. The number of nitrogens with one attached hydrogen (secondary N) is 1. The molecule has 0 aliphatic heterocycles. The Morgan fingerprint density at radius 3 is 2.87 bits per heavy atom. The van der Waals surface area contributed by atoms with Crippen molar-refractivity contribution in [3.63, 3.8) is 0 Å². The fourth-order valence-electron chi connectivity index (χ4n) is 1.09. The summed E-state index contributed by atoms with van der Waals surface area (Å²) in [7, 11) is 0. The molecule has 1 aromatic heterocycles. The maximum absolute atomic E-state index is 10.1. The smallest absolute Gasteiger partial charge is 0.550 e. The molecule has 76 valence electrons. The molecule has 0 saturated carbocycles. The summed E-state index contributed by atoms with van der Waals surface area (Å²) in [4.78, 5) is 14.0. The number of aromatic nitrogens is 1. The Labute approximate surface area is 132 Å². The van der Waals surface area contributed by atoms with Gasteiger partial charge in [-0.25, -0.2) is 0 Å². The number of carbonyl (C=O) groups is 1. The van der Waals surface area contributed by atoms with Crippen molar-refractivity contribution >= 4 is 11.7 Å². The van der Waals surface area contributed by atoms with E-state index in [1.54, 1.807) is 12.4 Å². The third-order valence-electron chi connectivity index (χ3n) is 1.80. The minimum absolute atomic E-state index is 0. The summed E-state index contributed by atoms with van der Waals surface area (Å²) in [5.41, 5.74) is 0.959. The van der Waals surface area contributed by atoms with Crippen LogP contribution in [0.1, 0.15) is 19.3 Å². The van der Waals surface area contributed by atoms with Gasteiger partial charge in [0.15, 0.2) is 0 Å². The first-order valence-corrected chi connectivity index (χ1v) is 4.63. The molecule has 5 heteroatoms. The molecular weight excluding hydrogens is 219 g/mol. The number of aliphatic carboxylic acids is 1. The molecule has 1 heterocycles. The van der Waals surface area contributed by atoms with E-state index >= 15 is 0 Å². The molecule has 0 aliphatic carbocycles. The van der Waals surface area contributed by atoms with Gasteiger partial charge in [-0.05, 0) is 31.4 Å². The van der Waals surface area contributed by atoms with Crippen molar-refractivity contribution in [1.29, 1.82) is 0 Å². The van der Waals surface area contributed by atoms with Gasteiger partial charge in [0, 0.05) is 24.9 Å². The second-order valence-electron chi connectivity index (χ2n) is 3.00. The molecule has 0 fully saturated rings. The minimum Gasteiger partial charge on any atom is -0.550 e. The third kappa shape index (κ3) is 7.93. The van der Waals surface area contributed by atoms with Gasteiger partial charge in [-0.2, -0.15) is 0 Å². The molecule has 0 aliphatic rings. The third-order valence-corrected chi connectivity index (χ3v) is 1.80. The second kappa shape index (κ2) is 9.29. The van der Waals surface area contributed by atoms with Gasteiger partial charge in [0.2, 0.25) is 0 Å². The zero-order chi connectivity index (χ0) is 10.2. The van der Waals surface area contributed by atoms with Crippen LogP contribution < -0.4 is 61.8 Å². The molecule has 0 saturated heterocycles. The van der Waals surface area contributed by atoms with Crippen molar-refractivity contribution in [3.8, 4) is 0 Å². The van der Waals surface area contributed by atoms with Gasteiger partial charge in [0.05, 0.1) is 5.69 Å². The van der Waals surface area contributed by atoms with Gasteiger partial charge in [-0.1, -0.05) is 0 Å². The zero-order valence-electron chi connectivity index (χ0n) is 8.90. The first-order chi connectivity index (χ1) is 6.79. The molecule has 1 N–H and O–H groups in total. The Bertz CT molecular complexity index is 280. The molecule has 0 aromatic carbocycles. The topological polar surface area (TPSA) is 65.0 Å². The number of hydrogen-bond donors (Lipinski definition) is 1. The molecular formula is C10H13KN2O2. The number of anilines is 1. The van der Waals surface area contributed by atoms with Crippen LogP contribution in [0.25, 0.3) is 0 Å². The van der Waals surface area contributed by atoms with Crippen LogP contribution in [0.4, 0.5) is 5.69 Å². The summed E-state index contributed by atoms with van der Waals surface area (Å²) in [6.45, 7) is 0.763. The Morgan fingerprint density at radius 2 is 2.27 bits per heavy atom. The summed E-state index contributed by atoms with van der Waals surface area (Å²) in [5, 5.41) is 13.2. The van der Waals surface area contributed by atoms with E-state index in [-0.39, 0.29) is 57.8 Å². The zero-order valence-corrected chi connectivity index (χ0v) is 12.0. The van der Waals surface area contributed by atoms with Crippen molar-refractivity contribution in [2.45, 2.75) is 19.3 Å². The normalized spacial score (nSPS) is 9.07. The second-order valence-corrected chi connectivity index (χ2v) is 3.00. The molecule has 15 heavy (non-hydrogen) atoms. The van der Waals surface area contributed by atoms with Gasteiger partial charge in [0.25, 0.3) is 0 Å². The first-order valence-electron chi connectivity index (χ1n) is 4.63. The van der Waals surface area contributed by atoms with Crippen molar-refractivity contribution in [1.82, 2.24) is 4.98 Å². The van der Waals surface area contributed by atoms with E-state index in [4.69, 9.17) is 0 Å². The summed E-state index contributed by atoms with van der Waals surface area (Å²) in [5.74, 6) is -0.980. The number of unbranched alkanes of at least 4 members (excludes halogenated alkanes) is 1. The Kier molecular flexibility index (Phi) is 9.33. The fraction of sp³-hybridized carbons (Fsp3) is 0.400. The van der Waals surface area contributed by atoms with E-state index in [2.05, 4.69) is 10.3 Å². The van der Waals surface area contributed by atoms with E-state index < -0.39 is 5.97 Å². The number of nitrogens with zero attached hydrogens (tertiary/aromatic N) is 1. The number of carboxylic acid groups (broad SMARTS) is 1. The summed E-state index contributed by atoms with van der Waals surface area (Å²) in [6.07, 6.45) is 5.05. The molecule has 0 spiro atoms. The number of carbonyl (C=O) groups excluding carboxylic acids is 1. The van der Waals surface area contributed by atoms with Gasteiger partial charge >= 0.3 is 51.4 Å². The van der Waals surface area contributed by atoms with Crippen LogP contribution >= 0.6 is 0 Å². The molecule has 4 nitrogen and oxygen atoms in total. The predicted molar refractivity (Wildman–Crippen MR) is 51.6 cm³/mol. The SMILES string of the molecule is O=C([O-])CCCCNc1cccnc1.[K+]. The molecule has 0 unspecified atom stereocenters. The van der Waals surface area contributed by atoms with Crippen LogP contribution in [-0.4, -0.2) is 17.5 Å². The van der Waals surface area contributed by atoms with Gasteiger partial charge in [-0.15, -0.1) is 0 Å². The Hall–Kier alpha value is 0.0564. The number of hydrogen-bond acceptors (Lipinski definition) is 4. The van der Waals surface area contributed by atoms with Crippen molar-refractivity contribution in [3.05, 3.63) is 24.5 Å². The van der Waals surface area contributed by atoms with E-state index in [0.29, 0.717) is 6.42 Å². The summed E-state index contributed by atoms with van der Waals surface area (Å²) >= 11 is 0. The maximum Gasteiger partial charge on any atom is 1.00 e. The summed E-state index contributed by atoms with van der Waals surface area (Å²) < 4.78 is 0. The summed E-state index contributed by atoms with van der Waals surface area (Å²) in [6, 6.07) is 3.77. The first kappa shape index (κ1) is 15.1. The standard InChI is InChI=1S/C10H14N2O2.K/c13-10(14)5-1-2-7-12-9-4-3-6-11-8-9;/h3-4,6,8,12H,1-2,5,7H2,(H,13,14);/q;+1/p-1.